The summed E-state index contributed by atoms with van der Waals surface area (Å²) in [7, 11) is 1.23. The number of rotatable bonds is 2. The Labute approximate surface area is 91.5 Å². The smallest absolute Gasteiger partial charge is 0.306 e. The van der Waals surface area contributed by atoms with Crippen molar-refractivity contribution in [2.24, 2.45) is 0 Å². The van der Waals surface area contributed by atoms with Crippen LogP contribution in [-0.4, -0.2) is 13.2 Å². The van der Waals surface area contributed by atoms with Crippen LogP contribution in [0.25, 0.3) is 0 Å². The molecule has 1 N–H and O–H groups in total. The van der Waals surface area contributed by atoms with Gasteiger partial charge in [0.05, 0.1) is 0 Å². The first-order valence-corrected chi connectivity index (χ1v) is 4.78. The number of alkyl halides is 3. The maximum absolute atomic E-state index is 13.3. The van der Waals surface area contributed by atoms with Gasteiger partial charge >= 0.3 is 6.18 Å². The number of aryl methyl sites for hydroxylation is 2. The van der Waals surface area contributed by atoms with Crippen molar-refractivity contribution in [1.82, 2.24) is 5.32 Å². The summed E-state index contributed by atoms with van der Waals surface area (Å²) >= 11 is 0. The Bertz CT molecular complexity index is 361. The molecule has 5 heteroatoms. The van der Waals surface area contributed by atoms with Gasteiger partial charge in [0.25, 0.3) is 0 Å². The highest BCUT2D eigenvalue weighted by Crippen LogP contribution is 2.33. The van der Waals surface area contributed by atoms with E-state index in [4.69, 9.17) is 0 Å². The molecule has 1 atom stereocenters. The zero-order valence-electron chi connectivity index (χ0n) is 9.24. The van der Waals surface area contributed by atoms with E-state index in [9.17, 15) is 17.6 Å². The van der Waals surface area contributed by atoms with E-state index in [0.29, 0.717) is 0 Å². The summed E-state index contributed by atoms with van der Waals surface area (Å²) in [4.78, 5) is 0. The van der Waals surface area contributed by atoms with Crippen LogP contribution >= 0.6 is 0 Å². The van der Waals surface area contributed by atoms with E-state index in [1.165, 1.54) is 33.0 Å². The number of halogens is 4. The monoisotopic (exact) mass is 235 g/mol. The van der Waals surface area contributed by atoms with Gasteiger partial charge in [-0.25, -0.2) is 4.39 Å². The molecule has 0 spiro atoms. The number of hydrogen-bond donors (Lipinski definition) is 1. The van der Waals surface area contributed by atoms with Crippen molar-refractivity contribution in [3.63, 3.8) is 0 Å². The van der Waals surface area contributed by atoms with Gasteiger partial charge in [0.2, 0.25) is 0 Å². The normalized spacial score (nSPS) is 13.9. The molecular weight excluding hydrogens is 222 g/mol. The quantitative estimate of drug-likeness (QED) is 0.776. The summed E-state index contributed by atoms with van der Waals surface area (Å²) in [6.45, 7) is 2.91. The molecule has 0 aliphatic rings. The first-order valence-electron chi connectivity index (χ1n) is 4.78. The van der Waals surface area contributed by atoms with Gasteiger partial charge in [-0.3, -0.25) is 0 Å². The van der Waals surface area contributed by atoms with Gasteiger partial charge in [-0.2, -0.15) is 13.2 Å². The number of benzene rings is 1. The van der Waals surface area contributed by atoms with Crippen molar-refractivity contribution in [2.45, 2.75) is 26.1 Å². The minimum atomic E-state index is -4.38. The molecule has 16 heavy (non-hydrogen) atoms. The first-order chi connectivity index (χ1) is 7.27. The molecule has 0 fully saturated rings. The molecule has 0 bridgehead atoms. The highest BCUT2D eigenvalue weighted by atomic mass is 19.4. The third-order valence-corrected chi connectivity index (χ3v) is 2.41. The first kappa shape index (κ1) is 13.0. The van der Waals surface area contributed by atoms with Crippen LogP contribution in [0.15, 0.2) is 12.1 Å². The zero-order valence-corrected chi connectivity index (χ0v) is 9.24. The van der Waals surface area contributed by atoms with Crippen molar-refractivity contribution in [3.8, 4) is 0 Å². The third-order valence-electron chi connectivity index (χ3n) is 2.41. The molecule has 0 amide bonds. The highest BCUT2D eigenvalue weighted by Gasteiger charge is 2.39. The van der Waals surface area contributed by atoms with Gasteiger partial charge in [0.15, 0.2) is 0 Å². The van der Waals surface area contributed by atoms with Gasteiger partial charge in [-0.1, -0.05) is 12.1 Å². The molecule has 1 nitrogen and oxygen atoms in total. The van der Waals surface area contributed by atoms with Crippen LogP contribution in [0.3, 0.4) is 0 Å². The van der Waals surface area contributed by atoms with E-state index < -0.39 is 18.0 Å². The SMILES string of the molecule is CNC(c1cc(C)c(F)c(C)c1)C(F)(F)F. The summed E-state index contributed by atoms with van der Waals surface area (Å²) in [6, 6.07) is 0.680. The maximum Gasteiger partial charge on any atom is 0.407 e. The molecule has 1 unspecified atom stereocenters. The second-order valence-corrected chi connectivity index (χ2v) is 3.73. The average molecular weight is 235 g/mol. The molecule has 0 aliphatic heterocycles. The Morgan fingerprint density at radius 2 is 1.56 bits per heavy atom. The summed E-state index contributed by atoms with van der Waals surface area (Å²) in [5, 5.41) is 2.18. The Morgan fingerprint density at radius 1 is 1.12 bits per heavy atom. The minimum absolute atomic E-state index is 0.0337. The Balaban J connectivity index is 3.22. The predicted octanol–water partition coefficient (Wildman–Crippen LogP) is 3.27. The van der Waals surface area contributed by atoms with Crippen LogP contribution in [0.4, 0.5) is 17.6 Å². The zero-order chi connectivity index (χ0) is 12.5. The molecule has 0 heterocycles. The molecule has 90 valence electrons. The fourth-order valence-corrected chi connectivity index (χ4v) is 1.67. The Morgan fingerprint density at radius 3 is 1.88 bits per heavy atom. The Hall–Kier alpha value is -1.10. The standard InChI is InChI=1S/C11H13F4N/c1-6-4-8(5-7(2)9(6)12)10(16-3)11(13,14)15/h4-5,10,16H,1-3H3. The van der Waals surface area contributed by atoms with E-state index in [2.05, 4.69) is 5.32 Å². The fraction of sp³-hybridized carbons (Fsp3) is 0.455. The van der Waals surface area contributed by atoms with Gasteiger partial charge in [-0.05, 0) is 37.6 Å². The average Bonchev–Trinajstić information content (AvgIpc) is 2.12. The number of hydrogen-bond acceptors (Lipinski definition) is 1. The molecule has 1 rings (SSSR count). The molecular formula is C11H13F4N. The maximum atomic E-state index is 13.3. The van der Waals surface area contributed by atoms with Crippen LogP contribution in [0.5, 0.6) is 0 Å². The molecule has 0 saturated carbocycles. The lowest BCUT2D eigenvalue weighted by molar-refractivity contribution is -0.156. The van der Waals surface area contributed by atoms with E-state index in [-0.39, 0.29) is 16.7 Å². The predicted molar refractivity (Wildman–Crippen MR) is 53.7 cm³/mol. The minimum Gasteiger partial charge on any atom is -0.306 e. The van der Waals surface area contributed by atoms with Gasteiger partial charge in [-0.15, -0.1) is 0 Å². The summed E-state index contributed by atoms with van der Waals surface area (Å²) in [6.07, 6.45) is -4.38. The molecule has 1 aromatic carbocycles. The molecule has 0 aromatic heterocycles. The van der Waals surface area contributed by atoms with E-state index in [0.717, 1.165) is 0 Å². The molecule has 1 aromatic rings. The van der Waals surface area contributed by atoms with Crippen LogP contribution in [0.1, 0.15) is 22.7 Å². The van der Waals surface area contributed by atoms with E-state index in [1.807, 2.05) is 0 Å². The third kappa shape index (κ3) is 2.52. The fourth-order valence-electron chi connectivity index (χ4n) is 1.67. The summed E-state index contributed by atoms with van der Waals surface area (Å²) < 4.78 is 51.1. The van der Waals surface area contributed by atoms with Crippen molar-refractivity contribution < 1.29 is 17.6 Å². The molecule has 0 radical (unpaired) electrons. The largest absolute Gasteiger partial charge is 0.407 e. The topological polar surface area (TPSA) is 12.0 Å². The van der Waals surface area contributed by atoms with Crippen LogP contribution < -0.4 is 5.32 Å². The molecule has 0 saturated heterocycles. The molecule has 0 aliphatic carbocycles. The lowest BCUT2D eigenvalue weighted by Crippen LogP contribution is -2.31. The van der Waals surface area contributed by atoms with Gasteiger partial charge < -0.3 is 5.32 Å². The Kier molecular flexibility index (Phi) is 3.57. The van der Waals surface area contributed by atoms with Crippen molar-refractivity contribution in [1.29, 1.82) is 0 Å². The van der Waals surface area contributed by atoms with Crippen LogP contribution in [0.2, 0.25) is 0 Å². The summed E-state index contributed by atoms with van der Waals surface area (Å²) in [5.41, 5.74) is 0.477. The van der Waals surface area contributed by atoms with Crippen molar-refractivity contribution in [3.05, 3.63) is 34.6 Å². The van der Waals surface area contributed by atoms with Crippen molar-refractivity contribution >= 4 is 0 Å². The van der Waals surface area contributed by atoms with Gasteiger partial charge in [0.1, 0.15) is 11.9 Å². The highest BCUT2D eigenvalue weighted by molar-refractivity contribution is 5.33. The summed E-state index contributed by atoms with van der Waals surface area (Å²) in [5.74, 6) is -0.458. The second-order valence-electron chi connectivity index (χ2n) is 3.73. The van der Waals surface area contributed by atoms with Crippen LogP contribution in [-0.2, 0) is 0 Å². The van der Waals surface area contributed by atoms with Crippen LogP contribution in [0, 0.1) is 19.7 Å². The second kappa shape index (κ2) is 4.41. The van der Waals surface area contributed by atoms with E-state index >= 15 is 0 Å². The van der Waals surface area contributed by atoms with Crippen molar-refractivity contribution in [2.75, 3.05) is 7.05 Å². The van der Waals surface area contributed by atoms with E-state index in [1.54, 1.807) is 0 Å². The van der Waals surface area contributed by atoms with Gasteiger partial charge in [0, 0.05) is 0 Å². The lowest BCUT2D eigenvalue weighted by atomic mass is 10.0. The lowest BCUT2D eigenvalue weighted by Gasteiger charge is -2.21. The number of nitrogens with one attached hydrogen (secondary N) is 1.